The number of nitrogens with zero attached hydrogens (tertiary/aromatic N) is 1. The van der Waals surface area contributed by atoms with Gasteiger partial charge < -0.3 is 19.5 Å². The number of carbonyl (C=O) groups is 1. The minimum atomic E-state index is -0.349. The van der Waals surface area contributed by atoms with Crippen LogP contribution in [0.25, 0.3) is 0 Å². The van der Waals surface area contributed by atoms with Gasteiger partial charge in [-0.3, -0.25) is 9.29 Å². The maximum Gasteiger partial charge on any atom is 0.407 e. The largest absolute Gasteiger partial charge is 0.493 e. The molecule has 0 bridgehead atoms. The lowest BCUT2D eigenvalue weighted by atomic mass is 9.80. The third-order valence-electron chi connectivity index (χ3n) is 7.11. The van der Waals surface area contributed by atoms with Crippen LogP contribution >= 0.6 is 52.2 Å². The van der Waals surface area contributed by atoms with E-state index in [9.17, 15) is 9.18 Å². The SMILES string of the molecule is CNC(=O)O[C@H]1C[C@H]2c3cc(OC)c(OC)cc3CCN2C[C@@H]1CCCCCCCSCC[19F].S.S.S. The molecule has 2 heterocycles. The summed E-state index contributed by atoms with van der Waals surface area (Å²) < 4.78 is 29.1. The van der Waals surface area contributed by atoms with Crippen molar-refractivity contribution in [1.82, 2.24) is 10.2 Å². The Bertz CT molecular complexity index is 793. The van der Waals surface area contributed by atoms with E-state index in [2.05, 4.69) is 22.3 Å². The molecule has 3 atom stereocenters. The number of alkyl carbamates (subject to hydrolysis) is 1. The lowest BCUT2D eigenvalue weighted by Crippen LogP contribution is -2.49. The molecule has 1 N–H and O–H groups in total. The number of nitrogens with one attached hydrogen (secondary N) is 1. The van der Waals surface area contributed by atoms with Crippen LogP contribution in [0.4, 0.5) is 9.18 Å². The Labute approximate surface area is 247 Å². The lowest BCUT2D eigenvalue weighted by molar-refractivity contribution is -0.0258. The number of fused-ring (bicyclic) bond motifs is 3. The summed E-state index contributed by atoms with van der Waals surface area (Å²) in [6.07, 6.45) is 8.33. The second-order valence-electron chi connectivity index (χ2n) is 9.21. The number of hydrogen-bond acceptors (Lipinski definition) is 6. The summed E-state index contributed by atoms with van der Waals surface area (Å²) in [5.41, 5.74) is 2.55. The molecule has 0 saturated carbocycles. The number of unbranched alkanes of at least 4 members (excludes halogenated alkanes) is 4. The molecule has 37 heavy (non-hydrogen) atoms. The number of benzene rings is 1. The number of methoxy groups -OCH3 is 2. The summed E-state index contributed by atoms with van der Waals surface area (Å²) in [4.78, 5) is 14.7. The number of hydrogen-bond donors (Lipinski definition) is 1. The van der Waals surface area contributed by atoms with Gasteiger partial charge in [-0.25, -0.2) is 4.79 Å². The van der Waals surface area contributed by atoms with Crippen LogP contribution in [0.3, 0.4) is 0 Å². The predicted octanol–water partition coefficient (Wildman–Crippen LogP) is 5.73. The minimum absolute atomic E-state index is 0. The number of rotatable bonds is 13. The van der Waals surface area contributed by atoms with Crippen molar-refractivity contribution in [3.05, 3.63) is 23.3 Å². The normalized spacial score (nSPS) is 20.2. The van der Waals surface area contributed by atoms with Crippen molar-refractivity contribution in [2.45, 2.75) is 63.5 Å². The topological polar surface area (TPSA) is 60.0 Å². The molecule has 6 nitrogen and oxygen atoms in total. The van der Waals surface area contributed by atoms with E-state index in [-0.39, 0.29) is 65.4 Å². The number of carbonyl (C=O) groups excluding carboxylic acids is 1. The number of halogens is 1. The number of piperidine rings is 1. The zero-order valence-corrected chi connectivity index (χ0v) is 26.3. The first kappa shape index (κ1) is 36.4. The van der Waals surface area contributed by atoms with E-state index >= 15 is 0 Å². The maximum absolute atomic E-state index is 12.2. The summed E-state index contributed by atoms with van der Waals surface area (Å²) in [5, 5.41) is 2.63. The van der Waals surface area contributed by atoms with Crippen LogP contribution < -0.4 is 14.8 Å². The van der Waals surface area contributed by atoms with E-state index in [1.54, 1.807) is 33.0 Å². The molecule has 0 radical (unpaired) electrons. The maximum atomic E-state index is 12.2. The van der Waals surface area contributed by atoms with E-state index in [1.807, 2.05) is 0 Å². The number of ether oxygens (including phenoxy) is 3. The molecule has 1 saturated heterocycles. The fourth-order valence-electron chi connectivity index (χ4n) is 5.32. The molecular formula is C26H47FN2O4S4. The van der Waals surface area contributed by atoms with Crippen LogP contribution in [0.15, 0.2) is 12.1 Å². The fourth-order valence-corrected chi connectivity index (χ4v) is 6.04. The molecule has 0 aliphatic carbocycles. The summed E-state index contributed by atoms with van der Waals surface area (Å²) in [6.45, 7) is 1.73. The Morgan fingerprint density at radius 1 is 1.05 bits per heavy atom. The second-order valence-corrected chi connectivity index (χ2v) is 10.4. The number of thioether (sulfide) groups is 1. The van der Waals surface area contributed by atoms with Crippen LogP contribution in [-0.2, 0) is 11.2 Å². The highest BCUT2D eigenvalue weighted by Crippen LogP contribution is 2.44. The summed E-state index contributed by atoms with van der Waals surface area (Å²) in [5.74, 6) is 3.54. The minimum Gasteiger partial charge on any atom is -0.493 e. The zero-order chi connectivity index (χ0) is 24.3. The van der Waals surface area contributed by atoms with Gasteiger partial charge in [0.05, 0.1) is 20.9 Å². The van der Waals surface area contributed by atoms with E-state index in [1.165, 1.54) is 36.8 Å². The van der Waals surface area contributed by atoms with Crippen molar-refractivity contribution in [3.63, 3.8) is 0 Å². The molecular weight excluding hydrogens is 552 g/mol. The third-order valence-corrected chi connectivity index (χ3v) is 8.13. The van der Waals surface area contributed by atoms with Crippen molar-refractivity contribution >= 4 is 58.3 Å². The van der Waals surface area contributed by atoms with Gasteiger partial charge in [0.1, 0.15) is 6.10 Å². The second kappa shape index (κ2) is 19.4. The lowest BCUT2D eigenvalue weighted by Gasteiger charge is -2.46. The third kappa shape index (κ3) is 10.5. The molecule has 1 aromatic rings. The molecule has 2 aliphatic heterocycles. The first-order valence-corrected chi connectivity index (χ1v) is 13.8. The predicted molar refractivity (Wildman–Crippen MR) is 167 cm³/mol. The average molecular weight is 599 g/mol. The summed E-state index contributed by atoms with van der Waals surface area (Å²) in [7, 11) is 4.96. The van der Waals surface area contributed by atoms with Crippen LogP contribution in [0.5, 0.6) is 11.5 Å². The number of amides is 1. The smallest absolute Gasteiger partial charge is 0.407 e. The van der Waals surface area contributed by atoms with Gasteiger partial charge in [0, 0.05) is 44.3 Å². The highest BCUT2D eigenvalue weighted by atomic mass is 32.2. The molecule has 1 amide bonds. The quantitative estimate of drug-likeness (QED) is 0.293. The molecule has 3 rings (SSSR count). The van der Waals surface area contributed by atoms with E-state index in [0.29, 0.717) is 11.7 Å². The van der Waals surface area contributed by atoms with Gasteiger partial charge in [0.25, 0.3) is 0 Å². The van der Waals surface area contributed by atoms with Gasteiger partial charge >= 0.3 is 6.09 Å². The monoisotopic (exact) mass is 598 g/mol. The molecule has 0 spiro atoms. The van der Waals surface area contributed by atoms with Crippen molar-refractivity contribution in [1.29, 1.82) is 0 Å². The van der Waals surface area contributed by atoms with Crippen LogP contribution in [0.2, 0.25) is 0 Å². The summed E-state index contributed by atoms with van der Waals surface area (Å²) in [6, 6.07) is 4.42. The van der Waals surface area contributed by atoms with Crippen LogP contribution in [0.1, 0.15) is 62.1 Å². The van der Waals surface area contributed by atoms with Gasteiger partial charge in [-0.2, -0.15) is 52.2 Å². The van der Waals surface area contributed by atoms with Crippen LogP contribution in [-0.4, -0.2) is 69.6 Å². The molecule has 1 fully saturated rings. The molecule has 11 heteroatoms. The highest BCUT2D eigenvalue weighted by Gasteiger charge is 2.40. The molecule has 0 unspecified atom stereocenters. The van der Waals surface area contributed by atoms with Gasteiger partial charge in [0.15, 0.2) is 11.5 Å². The first-order valence-electron chi connectivity index (χ1n) is 12.6. The summed E-state index contributed by atoms with van der Waals surface area (Å²) >= 11 is 1.71. The van der Waals surface area contributed by atoms with Crippen molar-refractivity contribution < 1.29 is 23.4 Å². The molecule has 1 aromatic carbocycles. The van der Waals surface area contributed by atoms with Crippen molar-refractivity contribution in [2.24, 2.45) is 5.92 Å². The fraction of sp³-hybridized carbons (Fsp3) is 0.731. The molecule has 0 aromatic heterocycles. The van der Waals surface area contributed by atoms with E-state index in [0.717, 1.165) is 56.0 Å². The first-order chi connectivity index (χ1) is 16.6. The molecule has 2 aliphatic rings. The van der Waals surface area contributed by atoms with Gasteiger partial charge in [0.2, 0.25) is 0 Å². The van der Waals surface area contributed by atoms with Crippen molar-refractivity contribution in [3.8, 4) is 11.5 Å². The Morgan fingerprint density at radius 2 is 1.73 bits per heavy atom. The Balaban J connectivity index is 0.00000432. The average Bonchev–Trinajstić information content (AvgIpc) is 2.86. The van der Waals surface area contributed by atoms with Crippen molar-refractivity contribution in [2.75, 3.05) is 52.5 Å². The number of alkyl halides is 1. The van der Waals surface area contributed by atoms with Gasteiger partial charge in [-0.05, 0) is 48.3 Å². The zero-order valence-electron chi connectivity index (χ0n) is 22.4. The standard InChI is InChI=1S/C26H41FN2O4S.3H2S/c1-28-26(30)33-23-17-22-21-16-25(32-3)24(31-2)15-19(21)10-12-29(22)18-20(23)9-7-5-4-6-8-13-34-14-11-27;;;/h15-16,20,22-23H,4-14,17-18H2,1-3H3,(H,28,30);3*1H2/t20-,22-,23-;;;/m0.../s1/i27+0;;;. The Kier molecular flexibility index (Phi) is 19.1. The van der Waals surface area contributed by atoms with Gasteiger partial charge in [-0.15, -0.1) is 0 Å². The Hall–Kier alpha value is -0.620. The van der Waals surface area contributed by atoms with Gasteiger partial charge in [-0.1, -0.05) is 25.7 Å². The van der Waals surface area contributed by atoms with E-state index < -0.39 is 0 Å². The van der Waals surface area contributed by atoms with E-state index in [4.69, 9.17) is 14.2 Å². The molecule has 216 valence electrons. The van der Waals surface area contributed by atoms with Crippen LogP contribution in [0, 0.1) is 5.92 Å². The highest BCUT2D eigenvalue weighted by molar-refractivity contribution is 7.99. The Morgan fingerprint density at radius 3 is 2.41 bits per heavy atom.